The van der Waals surface area contributed by atoms with Crippen LogP contribution in [-0.2, 0) is 4.79 Å². The van der Waals surface area contributed by atoms with Crippen molar-refractivity contribution in [2.75, 3.05) is 14.1 Å². The number of likely N-dealkylation sites (N-methyl/N-ethyl adjacent to an activating group) is 1. The Bertz CT molecular complexity index is 744. The number of benzene rings is 1. The zero-order valence-electron chi connectivity index (χ0n) is 19.6. The number of fused-ring (bicyclic) bond motifs is 2. The standard InChI is InChI=1S/C13H25NO.C11H13Cl2NOS/c1-4-10-5-9-6-11(12(10)14-3)8-13(2,15)7-9;1-11(2,7-15)14(3)16-9-6-4-5-8(12)10(9)13/h9-12,14-15H,4-8H2,1-3H3;4-7H,1-3H3. The van der Waals surface area contributed by atoms with Crippen LogP contribution in [0.3, 0.4) is 0 Å². The summed E-state index contributed by atoms with van der Waals surface area (Å²) in [5.41, 5.74) is -0.947. The average molecular weight is 490 g/mol. The number of carbonyl (C=O) groups is 1. The van der Waals surface area contributed by atoms with Crippen LogP contribution in [0.2, 0.25) is 10.0 Å². The molecule has 0 radical (unpaired) electrons. The Morgan fingerprint density at radius 2 is 2.00 bits per heavy atom. The minimum atomic E-state index is -0.545. The normalized spacial score (nSPS) is 30.5. The molecule has 4 nitrogen and oxygen atoms in total. The van der Waals surface area contributed by atoms with Crippen molar-refractivity contribution in [3.05, 3.63) is 28.2 Å². The summed E-state index contributed by atoms with van der Waals surface area (Å²) >= 11 is 13.4. The smallest absolute Gasteiger partial charge is 0.140 e. The first-order chi connectivity index (χ1) is 14.4. The van der Waals surface area contributed by atoms with Crippen LogP contribution in [0.5, 0.6) is 0 Å². The van der Waals surface area contributed by atoms with Crippen molar-refractivity contribution >= 4 is 41.4 Å². The largest absolute Gasteiger partial charge is 0.390 e. The van der Waals surface area contributed by atoms with Gasteiger partial charge >= 0.3 is 0 Å². The molecule has 176 valence electrons. The molecule has 3 rings (SSSR count). The van der Waals surface area contributed by atoms with E-state index in [1.807, 2.05) is 44.3 Å². The van der Waals surface area contributed by atoms with Crippen molar-refractivity contribution in [2.45, 2.75) is 81.9 Å². The predicted octanol–water partition coefficient (Wildman–Crippen LogP) is 6.08. The number of rotatable bonds is 6. The fourth-order valence-corrected chi connectivity index (χ4v) is 6.43. The summed E-state index contributed by atoms with van der Waals surface area (Å²) in [6.45, 7) is 8.00. The lowest BCUT2D eigenvalue weighted by Gasteiger charge is -2.49. The predicted molar refractivity (Wildman–Crippen MR) is 133 cm³/mol. The van der Waals surface area contributed by atoms with Crippen LogP contribution >= 0.6 is 35.1 Å². The molecular weight excluding hydrogens is 451 g/mol. The number of aldehydes is 1. The van der Waals surface area contributed by atoms with E-state index in [0.29, 0.717) is 22.0 Å². The fraction of sp³-hybridized carbons (Fsp3) is 0.708. The molecule has 1 aromatic rings. The maximum atomic E-state index is 10.9. The first kappa shape index (κ1) is 26.9. The molecule has 7 heteroatoms. The Balaban J connectivity index is 0.000000220. The molecule has 0 heterocycles. The molecule has 0 spiro atoms. The van der Waals surface area contributed by atoms with E-state index in [9.17, 15) is 9.90 Å². The number of nitrogens with one attached hydrogen (secondary N) is 1. The van der Waals surface area contributed by atoms with Gasteiger partial charge in [-0.2, -0.15) is 0 Å². The zero-order chi connectivity index (χ0) is 23.4. The van der Waals surface area contributed by atoms with Gasteiger partial charge in [0.1, 0.15) is 6.29 Å². The van der Waals surface area contributed by atoms with Crippen LogP contribution in [0.25, 0.3) is 0 Å². The minimum absolute atomic E-state index is 0.401. The van der Waals surface area contributed by atoms with E-state index in [-0.39, 0.29) is 0 Å². The molecule has 0 saturated heterocycles. The van der Waals surface area contributed by atoms with Crippen molar-refractivity contribution in [3.8, 4) is 0 Å². The molecule has 0 aliphatic heterocycles. The highest BCUT2D eigenvalue weighted by Gasteiger charge is 2.44. The minimum Gasteiger partial charge on any atom is -0.390 e. The van der Waals surface area contributed by atoms with Gasteiger partial charge in [-0.25, -0.2) is 4.31 Å². The molecule has 5 unspecified atom stereocenters. The summed E-state index contributed by atoms with van der Waals surface area (Å²) in [5, 5.41) is 14.7. The third kappa shape index (κ3) is 7.09. The fourth-order valence-electron chi connectivity index (χ4n) is 5.06. The van der Waals surface area contributed by atoms with Crippen LogP contribution < -0.4 is 5.32 Å². The first-order valence-corrected chi connectivity index (χ1v) is 12.7. The SMILES string of the molecule is CCC1CC2CC(CC(C)(O)C2)C1NC.CN(Sc1cccc(Cl)c1Cl)C(C)(C)C=O. The number of halogens is 2. The number of carbonyl (C=O) groups excluding carboxylic acids is 1. The first-order valence-electron chi connectivity index (χ1n) is 11.2. The van der Waals surface area contributed by atoms with Crippen LogP contribution in [0.4, 0.5) is 0 Å². The second-order valence-corrected chi connectivity index (χ2v) is 11.9. The lowest BCUT2D eigenvalue weighted by atomic mass is 9.61. The highest BCUT2D eigenvalue weighted by Crippen LogP contribution is 2.47. The molecule has 0 amide bonds. The van der Waals surface area contributed by atoms with Gasteiger partial charge < -0.3 is 15.2 Å². The summed E-state index contributed by atoms with van der Waals surface area (Å²) < 4.78 is 1.84. The van der Waals surface area contributed by atoms with E-state index in [1.165, 1.54) is 31.2 Å². The van der Waals surface area contributed by atoms with Gasteiger partial charge in [0, 0.05) is 10.9 Å². The van der Waals surface area contributed by atoms with Gasteiger partial charge in [0.2, 0.25) is 0 Å². The zero-order valence-corrected chi connectivity index (χ0v) is 21.9. The molecule has 2 bridgehead atoms. The van der Waals surface area contributed by atoms with E-state index in [2.05, 4.69) is 19.3 Å². The van der Waals surface area contributed by atoms with Crippen LogP contribution in [0.15, 0.2) is 23.1 Å². The lowest BCUT2D eigenvalue weighted by molar-refractivity contribution is -0.113. The van der Waals surface area contributed by atoms with Gasteiger partial charge in [-0.05, 0) is 102 Å². The maximum absolute atomic E-state index is 10.9. The van der Waals surface area contributed by atoms with E-state index >= 15 is 0 Å². The molecule has 2 saturated carbocycles. The van der Waals surface area contributed by atoms with E-state index in [0.717, 1.165) is 35.9 Å². The Morgan fingerprint density at radius 1 is 1.32 bits per heavy atom. The average Bonchev–Trinajstić information content (AvgIpc) is 2.70. The summed E-state index contributed by atoms with van der Waals surface area (Å²) in [5.74, 6) is 2.30. The van der Waals surface area contributed by atoms with E-state index in [1.54, 1.807) is 6.07 Å². The Labute approximate surface area is 202 Å². The summed E-state index contributed by atoms with van der Waals surface area (Å²) in [6, 6.07) is 6.07. The molecule has 2 N–H and O–H groups in total. The van der Waals surface area contributed by atoms with Crippen molar-refractivity contribution in [1.82, 2.24) is 9.62 Å². The van der Waals surface area contributed by atoms with Gasteiger partial charge in [-0.3, -0.25) is 0 Å². The summed E-state index contributed by atoms with van der Waals surface area (Å²) in [6.07, 6.45) is 6.84. The van der Waals surface area contributed by atoms with Gasteiger partial charge in [-0.1, -0.05) is 42.6 Å². The van der Waals surface area contributed by atoms with Gasteiger partial charge in [0.25, 0.3) is 0 Å². The molecular formula is C24H38Cl2N2O2S. The van der Waals surface area contributed by atoms with Gasteiger partial charge in [-0.15, -0.1) is 0 Å². The number of aliphatic hydroxyl groups is 1. The van der Waals surface area contributed by atoms with Crippen LogP contribution in [0.1, 0.15) is 59.8 Å². The number of hydrogen-bond donors (Lipinski definition) is 2. The maximum Gasteiger partial charge on any atom is 0.140 e. The summed E-state index contributed by atoms with van der Waals surface area (Å²) in [4.78, 5) is 11.7. The Kier molecular flexibility index (Phi) is 9.75. The molecule has 2 aliphatic carbocycles. The van der Waals surface area contributed by atoms with Crippen molar-refractivity contribution in [1.29, 1.82) is 0 Å². The third-order valence-corrected chi connectivity index (χ3v) is 9.04. The monoisotopic (exact) mass is 488 g/mol. The third-order valence-electron chi connectivity index (χ3n) is 6.83. The quantitative estimate of drug-likeness (QED) is 0.375. The van der Waals surface area contributed by atoms with Gasteiger partial charge in [0.15, 0.2) is 0 Å². The van der Waals surface area contributed by atoms with Crippen molar-refractivity contribution in [3.63, 3.8) is 0 Å². The second-order valence-electron chi connectivity index (χ2n) is 9.90. The highest BCUT2D eigenvalue weighted by atomic mass is 35.5. The molecule has 2 fully saturated rings. The van der Waals surface area contributed by atoms with Crippen molar-refractivity contribution in [2.24, 2.45) is 17.8 Å². The molecule has 0 aromatic heterocycles. The van der Waals surface area contributed by atoms with Crippen molar-refractivity contribution < 1.29 is 9.90 Å². The Morgan fingerprint density at radius 3 is 2.58 bits per heavy atom. The number of nitrogens with zero attached hydrogens (tertiary/aromatic N) is 1. The second kappa shape index (κ2) is 11.2. The molecule has 31 heavy (non-hydrogen) atoms. The molecule has 1 aromatic carbocycles. The van der Waals surface area contributed by atoms with Crippen LogP contribution in [-0.4, -0.2) is 47.0 Å². The Hall–Kier alpha value is -0.300. The van der Waals surface area contributed by atoms with E-state index < -0.39 is 11.1 Å². The summed E-state index contributed by atoms with van der Waals surface area (Å²) in [7, 11) is 3.92. The lowest BCUT2D eigenvalue weighted by Crippen LogP contribution is -2.52. The molecule has 2 aliphatic rings. The van der Waals surface area contributed by atoms with Crippen LogP contribution in [0, 0.1) is 17.8 Å². The van der Waals surface area contributed by atoms with Gasteiger partial charge in [0.05, 0.1) is 21.2 Å². The highest BCUT2D eigenvalue weighted by molar-refractivity contribution is 7.97. The number of hydrogen-bond acceptors (Lipinski definition) is 5. The van der Waals surface area contributed by atoms with E-state index in [4.69, 9.17) is 23.2 Å². The topological polar surface area (TPSA) is 52.6 Å². The molecule has 5 atom stereocenters.